The van der Waals surface area contributed by atoms with Crippen molar-refractivity contribution in [2.24, 2.45) is 0 Å². The van der Waals surface area contributed by atoms with Gasteiger partial charge in [0.2, 0.25) is 0 Å². The van der Waals surface area contributed by atoms with Crippen LogP contribution in [-0.4, -0.2) is 12.6 Å². The molecule has 4 heteroatoms. The highest BCUT2D eigenvalue weighted by Gasteiger charge is 2.56. The average molecular weight is 632 g/mol. The van der Waals surface area contributed by atoms with E-state index in [2.05, 4.69) is 191 Å². The summed E-state index contributed by atoms with van der Waals surface area (Å²) in [6.07, 6.45) is 2.08. The first-order valence-electron chi connectivity index (χ1n) is 17.8. The Hall–Kier alpha value is -6.25. The quantitative estimate of drug-likeness (QED) is 0.228. The van der Waals surface area contributed by atoms with E-state index in [0.29, 0.717) is 0 Å². The summed E-state index contributed by atoms with van der Waals surface area (Å²) >= 11 is 0. The van der Waals surface area contributed by atoms with Gasteiger partial charge in [0.05, 0.1) is 0 Å². The van der Waals surface area contributed by atoms with E-state index in [1.54, 1.807) is 0 Å². The molecule has 0 aliphatic carbocycles. The SMILES string of the molecule is c1ccc2c(c1)-c1ccccc1[B-]21c2ccccc2-c2ccc(-c3ccc4[n+](c3)[B-]3(c5ccccc5-c5ccccc53)c3ccccc3-4)c[n+]21. The molecule has 0 N–H and O–H groups in total. The van der Waals surface area contributed by atoms with Crippen molar-refractivity contribution in [3.05, 3.63) is 182 Å². The van der Waals surface area contributed by atoms with E-state index in [1.807, 2.05) is 0 Å². The van der Waals surface area contributed by atoms with Gasteiger partial charge in [0.25, 0.3) is 0 Å². The summed E-state index contributed by atoms with van der Waals surface area (Å²) in [7, 11) is 0. The van der Waals surface area contributed by atoms with E-state index in [4.69, 9.17) is 0 Å². The van der Waals surface area contributed by atoms with Crippen molar-refractivity contribution < 1.29 is 8.96 Å². The molecular formula is C46H30B2N2. The zero-order valence-electron chi connectivity index (χ0n) is 27.4. The first kappa shape index (κ1) is 26.7. The third-order valence-corrected chi connectivity index (χ3v) is 12.7. The average Bonchev–Trinajstić information content (AvgIpc) is 3.86. The van der Waals surface area contributed by atoms with Crippen molar-refractivity contribution in [1.82, 2.24) is 0 Å². The minimum atomic E-state index is -1.41. The highest BCUT2D eigenvalue weighted by atomic mass is 15.0. The van der Waals surface area contributed by atoms with Crippen molar-refractivity contribution in [2.75, 3.05) is 0 Å². The number of aromatic nitrogens is 2. The summed E-state index contributed by atoms with van der Waals surface area (Å²) in [5.74, 6) is 0. The van der Waals surface area contributed by atoms with Crippen LogP contribution in [0, 0.1) is 0 Å². The molecule has 230 valence electrons. The minimum Gasteiger partial charge on any atom is -0.408 e. The Morgan fingerprint density at radius 1 is 0.260 bits per heavy atom. The molecule has 0 bridgehead atoms. The Bertz CT molecular complexity index is 2480. The minimum absolute atomic E-state index is 1.22. The fourth-order valence-corrected chi connectivity index (χ4v) is 11.0. The zero-order valence-corrected chi connectivity index (χ0v) is 27.4. The van der Waals surface area contributed by atoms with Gasteiger partial charge in [-0.3, -0.25) is 0 Å². The Morgan fingerprint density at radius 3 is 0.840 bits per heavy atom. The molecule has 2 spiro atoms. The van der Waals surface area contributed by atoms with Crippen molar-refractivity contribution in [2.45, 2.75) is 0 Å². The molecule has 0 unspecified atom stereocenters. The smallest absolute Gasteiger partial charge is 0.362 e. The van der Waals surface area contributed by atoms with E-state index in [1.165, 1.54) is 88.7 Å². The second-order valence-corrected chi connectivity index (χ2v) is 14.6. The number of hydrogen-bond acceptors (Lipinski definition) is 0. The molecule has 50 heavy (non-hydrogen) atoms. The van der Waals surface area contributed by atoms with Gasteiger partial charge in [0.15, 0.2) is 11.4 Å². The third kappa shape index (κ3) is 2.93. The number of benzene rings is 6. The number of pyridine rings is 2. The first-order chi connectivity index (χ1) is 24.8. The van der Waals surface area contributed by atoms with Gasteiger partial charge < -0.3 is 8.96 Å². The van der Waals surface area contributed by atoms with Gasteiger partial charge >= 0.3 is 12.6 Å². The lowest BCUT2D eigenvalue weighted by atomic mass is 9.26. The van der Waals surface area contributed by atoms with Crippen molar-refractivity contribution in [3.63, 3.8) is 0 Å². The lowest BCUT2D eigenvalue weighted by molar-refractivity contribution is -0.525. The molecule has 2 aromatic heterocycles. The predicted molar refractivity (Wildman–Crippen MR) is 207 cm³/mol. The largest absolute Gasteiger partial charge is 0.408 e. The summed E-state index contributed by atoms with van der Waals surface area (Å²) in [5.41, 5.74) is 21.5. The van der Waals surface area contributed by atoms with Crippen LogP contribution >= 0.6 is 0 Å². The number of fused-ring (bicyclic) bond motifs is 20. The van der Waals surface area contributed by atoms with Crippen LogP contribution in [0.4, 0.5) is 0 Å². The molecule has 0 fully saturated rings. The lowest BCUT2D eigenvalue weighted by Crippen LogP contribution is -2.81. The highest BCUT2D eigenvalue weighted by molar-refractivity contribution is 7.10. The lowest BCUT2D eigenvalue weighted by Gasteiger charge is -2.31. The molecule has 0 saturated heterocycles. The van der Waals surface area contributed by atoms with Gasteiger partial charge in [-0.25, -0.2) is 0 Å². The van der Waals surface area contributed by atoms with Crippen molar-refractivity contribution >= 4 is 45.3 Å². The molecule has 0 atom stereocenters. The van der Waals surface area contributed by atoms with E-state index in [9.17, 15) is 0 Å². The van der Waals surface area contributed by atoms with Crippen LogP contribution in [0.2, 0.25) is 0 Å². The standard InChI is InChI=1S/C46H30B2N2/c1-7-19-39-33(13-1)34-14-2-8-20-40(34)47(39)43-23-11-5-17-37(43)45-27-25-31(29-49(45)47)32-26-28-46-38-18-6-12-24-44(38)48(50(46)30-32)41-21-9-3-15-35(41)36-16-4-10-22-42(36)48/h1-30H. The maximum absolute atomic E-state index is 2.64. The van der Waals surface area contributed by atoms with Crippen LogP contribution in [0.25, 0.3) is 55.9 Å². The van der Waals surface area contributed by atoms with Gasteiger partial charge in [-0.1, -0.05) is 146 Å². The topological polar surface area (TPSA) is 7.76 Å². The maximum Gasteiger partial charge on any atom is 0.362 e. The normalized spacial score (nSPS) is 15.1. The maximum atomic E-state index is 2.64. The first-order valence-corrected chi connectivity index (χ1v) is 17.8. The van der Waals surface area contributed by atoms with Gasteiger partial charge in [-0.15, -0.1) is 32.8 Å². The van der Waals surface area contributed by atoms with Crippen LogP contribution < -0.4 is 41.7 Å². The molecule has 0 radical (unpaired) electrons. The Kier molecular flexibility index (Phi) is 4.94. The molecule has 8 aromatic rings. The number of rotatable bonds is 1. The molecular weight excluding hydrogens is 602 g/mol. The number of nitrogens with zero attached hydrogens (tertiary/aromatic N) is 2. The molecule has 4 aliphatic heterocycles. The zero-order chi connectivity index (χ0) is 32.6. The van der Waals surface area contributed by atoms with Gasteiger partial charge in [-0.05, 0) is 34.4 Å². The second-order valence-electron chi connectivity index (χ2n) is 14.6. The van der Waals surface area contributed by atoms with Crippen LogP contribution in [0.3, 0.4) is 0 Å². The Labute approximate surface area is 291 Å². The highest BCUT2D eigenvalue weighted by Crippen LogP contribution is 2.36. The van der Waals surface area contributed by atoms with E-state index < -0.39 is 12.6 Å². The molecule has 0 amide bonds. The fraction of sp³-hybridized carbons (Fsp3) is 0. The number of hydrogen-bond donors (Lipinski definition) is 0. The van der Waals surface area contributed by atoms with Crippen LogP contribution in [0.1, 0.15) is 0 Å². The molecule has 2 nitrogen and oxygen atoms in total. The molecule has 0 saturated carbocycles. The monoisotopic (exact) mass is 632 g/mol. The summed E-state index contributed by atoms with van der Waals surface area (Å²) < 4.78 is 5.27. The third-order valence-electron chi connectivity index (χ3n) is 12.7. The van der Waals surface area contributed by atoms with Gasteiger partial charge in [-0.2, -0.15) is 0 Å². The van der Waals surface area contributed by atoms with Gasteiger partial charge in [0, 0.05) is 34.4 Å². The molecule has 6 heterocycles. The van der Waals surface area contributed by atoms with E-state index in [0.717, 1.165) is 0 Å². The molecule has 12 rings (SSSR count). The van der Waals surface area contributed by atoms with Crippen molar-refractivity contribution in [3.8, 4) is 55.9 Å². The van der Waals surface area contributed by atoms with Crippen LogP contribution in [0.15, 0.2) is 182 Å². The van der Waals surface area contributed by atoms with E-state index >= 15 is 0 Å². The molecule has 4 aliphatic rings. The summed E-state index contributed by atoms with van der Waals surface area (Å²) in [6, 6.07) is 63.9. The second kappa shape index (κ2) is 9.25. The van der Waals surface area contributed by atoms with Crippen LogP contribution in [-0.2, 0) is 0 Å². The van der Waals surface area contributed by atoms with Crippen molar-refractivity contribution in [1.29, 1.82) is 0 Å². The van der Waals surface area contributed by atoms with Crippen LogP contribution in [0.5, 0.6) is 0 Å². The molecule has 6 aromatic carbocycles. The summed E-state index contributed by atoms with van der Waals surface area (Å²) in [4.78, 5) is 0. The summed E-state index contributed by atoms with van der Waals surface area (Å²) in [6.45, 7) is 0. The Balaban J connectivity index is 1.13. The summed E-state index contributed by atoms with van der Waals surface area (Å²) in [5, 5.41) is 0. The fourth-order valence-electron chi connectivity index (χ4n) is 11.0. The Morgan fingerprint density at radius 2 is 0.520 bits per heavy atom. The van der Waals surface area contributed by atoms with Gasteiger partial charge in [0.1, 0.15) is 12.4 Å². The predicted octanol–water partition coefficient (Wildman–Crippen LogP) is 4.88. The van der Waals surface area contributed by atoms with E-state index in [-0.39, 0.29) is 0 Å².